The Morgan fingerprint density at radius 3 is 2.46 bits per heavy atom. The van der Waals surface area contributed by atoms with Crippen molar-refractivity contribution in [2.24, 2.45) is 5.92 Å². The van der Waals surface area contributed by atoms with Crippen LogP contribution in [0.25, 0.3) is 0 Å². The maximum absolute atomic E-state index is 12.9. The Balaban J connectivity index is 1.63. The number of ether oxygens (including phenoxy) is 1. The van der Waals surface area contributed by atoms with E-state index in [1.54, 1.807) is 30.3 Å². The minimum absolute atomic E-state index is 0.0653. The molecular weight excluding hydrogens is 375 g/mol. The number of alkyl halides is 3. The number of anilines is 1. The number of nitrogens with zero attached hydrogens (tertiary/aromatic N) is 1. The van der Waals surface area contributed by atoms with Crippen LogP contribution in [0.5, 0.6) is 0 Å². The number of hydrogen-bond acceptors (Lipinski definition) is 4. The molecule has 8 heteroatoms. The number of hydrogen-bond donors (Lipinski definition) is 0. The monoisotopic (exact) mass is 391 g/mol. The van der Waals surface area contributed by atoms with Gasteiger partial charge in [0.15, 0.2) is 12.4 Å². The molecule has 2 aromatic carbocycles. The molecule has 0 aromatic heterocycles. The highest BCUT2D eigenvalue weighted by Crippen LogP contribution is 2.33. The van der Waals surface area contributed by atoms with Crippen LogP contribution in [0, 0.1) is 5.92 Å². The molecule has 0 aliphatic carbocycles. The van der Waals surface area contributed by atoms with Crippen LogP contribution in [0.3, 0.4) is 0 Å². The molecule has 1 amide bonds. The van der Waals surface area contributed by atoms with Gasteiger partial charge in [-0.3, -0.25) is 14.4 Å². The van der Waals surface area contributed by atoms with Crippen LogP contribution in [0.4, 0.5) is 18.9 Å². The molecule has 1 heterocycles. The summed E-state index contributed by atoms with van der Waals surface area (Å²) in [6.07, 6.45) is -4.72. The molecule has 2 aromatic rings. The Kier molecular flexibility index (Phi) is 5.48. The van der Waals surface area contributed by atoms with Crippen LogP contribution in [0.2, 0.25) is 0 Å². The summed E-state index contributed by atoms with van der Waals surface area (Å²) in [5, 5.41) is 0. The summed E-state index contributed by atoms with van der Waals surface area (Å²) in [6, 6.07) is 12.6. The lowest BCUT2D eigenvalue weighted by molar-refractivity contribution is -0.147. The second kappa shape index (κ2) is 7.84. The fourth-order valence-corrected chi connectivity index (χ4v) is 2.93. The molecule has 28 heavy (non-hydrogen) atoms. The topological polar surface area (TPSA) is 63.7 Å². The normalized spacial score (nSPS) is 16.9. The van der Waals surface area contributed by atoms with Gasteiger partial charge in [0.05, 0.1) is 11.5 Å². The van der Waals surface area contributed by atoms with Gasteiger partial charge in [-0.05, 0) is 18.2 Å². The first kappa shape index (κ1) is 19.6. The lowest BCUT2D eigenvalue weighted by Crippen LogP contribution is -2.27. The van der Waals surface area contributed by atoms with Crippen molar-refractivity contribution in [2.45, 2.75) is 12.6 Å². The lowest BCUT2D eigenvalue weighted by Gasteiger charge is -2.18. The summed E-state index contributed by atoms with van der Waals surface area (Å²) in [5.41, 5.74) is -0.420. The molecule has 0 unspecified atom stereocenters. The van der Waals surface area contributed by atoms with E-state index < -0.39 is 36.1 Å². The van der Waals surface area contributed by atoms with Gasteiger partial charge in [0.1, 0.15) is 0 Å². The highest BCUT2D eigenvalue weighted by Gasteiger charge is 2.37. The van der Waals surface area contributed by atoms with Crippen LogP contribution < -0.4 is 4.90 Å². The van der Waals surface area contributed by atoms with Crippen molar-refractivity contribution >= 4 is 23.3 Å². The molecule has 0 N–H and O–H groups in total. The van der Waals surface area contributed by atoms with Crippen molar-refractivity contribution < 1.29 is 32.3 Å². The molecule has 0 saturated carbocycles. The van der Waals surface area contributed by atoms with E-state index in [0.29, 0.717) is 5.56 Å². The van der Waals surface area contributed by atoms with E-state index in [0.717, 1.165) is 17.0 Å². The smallest absolute Gasteiger partial charge is 0.416 e. The number of carbonyl (C=O) groups excluding carboxylic acids is 3. The number of ketones is 1. The van der Waals surface area contributed by atoms with Gasteiger partial charge in [-0.1, -0.05) is 36.4 Å². The molecule has 1 saturated heterocycles. The number of esters is 1. The third kappa shape index (κ3) is 4.39. The standard InChI is InChI=1S/C20H16F3NO4/c21-20(22,23)15-7-4-8-16(10-15)24-11-14(9-18(24)26)19(27)28-12-17(25)13-5-2-1-3-6-13/h1-8,10,14H,9,11-12H2/t14-/m0/s1. The van der Waals surface area contributed by atoms with Gasteiger partial charge < -0.3 is 9.64 Å². The Labute approximate surface area is 158 Å². The number of carbonyl (C=O) groups is 3. The van der Waals surface area contributed by atoms with Crippen molar-refractivity contribution in [2.75, 3.05) is 18.1 Å². The van der Waals surface area contributed by atoms with Gasteiger partial charge in [0, 0.05) is 24.2 Å². The minimum Gasteiger partial charge on any atom is -0.457 e. The first-order chi connectivity index (χ1) is 13.3. The number of amides is 1. The van der Waals surface area contributed by atoms with Crippen LogP contribution in [0.15, 0.2) is 54.6 Å². The molecule has 0 radical (unpaired) electrons. The zero-order chi connectivity index (χ0) is 20.3. The molecule has 1 aliphatic heterocycles. The van der Waals surface area contributed by atoms with Crippen molar-refractivity contribution in [3.63, 3.8) is 0 Å². The van der Waals surface area contributed by atoms with Crippen LogP contribution in [-0.4, -0.2) is 30.8 Å². The second-order valence-electron chi connectivity index (χ2n) is 6.35. The van der Waals surface area contributed by atoms with Crippen molar-refractivity contribution in [1.82, 2.24) is 0 Å². The van der Waals surface area contributed by atoms with Crippen LogP contribution >= 0.6 is 0 Å². The number of benzene rings is 2. The van der Waals surface area contributed by atoms with Crippen LogP contribution in [-0.2, 0) is 20.5 Å². The Morgan fingerprint density at radius 2 is 1.79 bits per heavy atom. The van der Waals surface area contributed by atoms with E-state index in [1.807, 2.05) is 0 Å². The first-order valence-electron chi connectivity index (χ1n) is 8.48. The van der Waals surface area contributed by atoms with Gasteiger partial charge in [-0.15, -0.1) is 0 Å². The fraction of sp³-hybridized carbons (Fsp3) is 0.250. The summed E-state index contributed by atoms with van der Waals surface area (Å²) >= 11 is 0. The number of Topliss-reactive ketones (excluding diaryl/α,β-unsaturated/α-hetero) is 1. The molecule has 1 aliphatic rings. The van der Waals surface area contributed by atoms with E-state index in [2.05, 4.69) is 0 Å². The molecule has 146 valence electrons. The molecule has 1 fully saturated rings. The van der Waals surface area contributed by atoms with Gasteiger partial charge in [-0.25, -0.2) is 0 Å². The Bertz CT molecular complexity index is 896. The van der Waals surface area contributed by atoms with Gasteiger partial charge in [0.25, 0.3) is 0 Å². The van der Waals surface area contributed by atoms with Gasteiger partial charge >= 0.3 is 12.1 Å². The predicted octanol–water partition coefficient (Wildman–Crippen LogP) is 3.48. The van der Waals surface area contributed by atoms with Crippen molar-refractivity contribution in [1.29, 1.82) is 0 Å². The third-order valence-corrected chi connectivity index (χ3v) is 4.38. The second-order valence-corrected chi connectivity index (χ2v) is 6.35. The highest BCUT2D eigenvalue weighted by atomic mass is 19.4. The van der Waals surface area contributed by atoms with Gasteiger partial charge in [0.2, 0.25) is 5.91 Å². The van der Waals surface area contributed by atoms with E-state index >= 15 is 0 Å². The molecular formula is C20H16F3NO4. The first-order valence-corrected chi connectivity index (χ1v) is 8.48. The molecule has 0 bridgehead atoms. The Hall–Kier alpha value is -3.16. The van der Waals surface area contributed by atoms with Crippen molar-refractivity contribution in [3.8, 4) is 0 Å². The summed E-state index contributed by atoms with van der Waals surface area (Å²) in [6.45, 7) is -0.560. The largest absolute Gasteiger partial charge is 0.457 e. The molecule has 3 rings (SSSR count). The summed E-state index contributed by atoms with van der Waals surface area (Å²) < 4.78 is 43.6. The SMILES string of the molecule is O=C(COC(=O)[C@H]1CC(=O)N(c2cccc(C(F)(F)F)c2)C1)c1ccccc1. The average molecular weight is 391 g/mol. The number of halogens is 3. The predicted molar refractivity (Wildman–Crippen MR) is 93.6 cm³/mol. The summed E-state index contributed by atoms with van der Waals surface area (Å²) in [4.78, 5) is 37.5. The molecule has 0 spiro atoms. The fourth-order valence-electron chi connectivity index (χ4n) is 2.93. The Morgan fingerprint density at radius 1 is 1.07 bits per heavy atom. The van der Waals surface area contributed by atoms with E-state index in [-0.39, 0.29) is 24.4 Å². The van der Waals surface area contributed by atoms with E-state index in [4.69, 9.17) is 4.74 Å². The third-order valence-electron chi connectivity index (χ3n) is 4.38. The lowest BCUT2D eigenvalue weighted by atomic mass is 10.1. The summed E-state index contributed by atoms with van der Waals surface area (Å²) in [7, 11) is 0. The van der Waals surface area contributed by atoms with Gasteiger partial charge in [-0.2, -0.15) is 13.2 Å². The molecule has 1 atom stereocenters. The zero-order valence-corrected chi connectivity index (χ0v) is 14.6. The van der Waals surface area contributed by atoms with E-state index in [9.17, 15) is 27.6 Å². The summed E-state index contributed by atoms with van der Waals surface area (Å²) in [5.74, 6) is -2.43. The number of rotatable bonds is 5. The van der Waals surface area contributed by atoms with Crippen LogP contribution in [0.1, 0.15) is 22.3 Å². The molecule has 5 nitrogen and oxygen atoms in total. The maximum atomic E-state index is 12.9. The quantitative estimate of drug-likeness (QED) is 0.578. The van der Waals surface area contributed by atoms with Crippen molar-refractivity contribution in [3.05, 3.63) is 65.7 Å². The maximum Gasteiger partial charge on any atom is 0.416 e. The highest BCUT2D eigenvalue weighted by molar-refractivity contribution is 6.01. The minimum atomic E-state index is -4.53. The zero-order valence-electron chi connectivity index (χ0n) is 14.6. The average Bonchev–Trinajstić information content (AvgIpc) is 3.08. The van der Waals surface area contributed by atoms with E-state index in [1.165, 1.54) is 12.1 Å².